The van der Waals surface area contributed by atoms with Crippen molar-refractivity contribution in [3.05, 3.63) is 29.6 Å². The Morgan fingerprint density at radius 3 is 2.33 bits per heavy atom. The van der Waals surface area contributed by atoms with E-state index in [2.05, 4.69) is 23.6 Å². The highest BCUT2D eigenvalue weighted by atomic mass is 19.1. The van der Waals surface area contributed by atoms with Gasteiger partial charge in [-0.25, -0.2) is 4.39 Å². The molecule has 0 saturated carbocycles. The number of nitrogens with one attached hydrogen (secondary N) is 1. The van der Waals surface area contributed by atoms with Gasteiger partial charge in [0.05, 0.1) is 11.3 Å². The summed E-state index contributed by atoms with van der Waals surface area (Å²) < 4.78 is 13.9. The SMILES string of the molecule is CCN(CC)CCCN(CC)c1cccc(F)c1C(=N)N. The molecule has 0 saturated heterocycles. The molecule has 0 bridgehead atoms. The molecule has 1 rings (SSSR count). The number of anilines is 1. The van der Waals surface area contributed by atoms with Gasteiger partial charge in [-0.1, -0.05) is 19.9 Å². The van der Waals surface area contributed by atoms with Gasteiger partial charge >= 0.3 is 0 Å². The normalized spacial score (nSPS) is 10.9. The van der Waals surface area contributed by atoms with Crippen molar-refractivity contribution in [1.82, 2.24) is 4.90 Å². The molecule has 0 aliphatic rings. The number of nitrogens with zero attached hydrogens (tertiary/aromatic N) is 2. The quantitative estimate of drug-likeness (QED) is 0.544. The van der Waals surface area contributed by atoms with Crippen LogP contribution < -0.4 is 10.6 Å². The van der Waals surface area contributed by atoms with E-state index in [0.29, 0.717) is 5.69 Å². The molecule has 0 fully saturated rings. The summed E-state index contributed by atoms with van der Waals surface area (Å²) in [5.74, 6) is -0.646. The summed E-state index contributed by atoms with van der Waals surface area (Å²) in [7, 11) is 0. The van der Waals surface area contributed by atoms with Gasteiger partial charge < -0.3 is 15.5 Å². The maximum Gasteiger partial charge on any atom is 0.136 e. The van der Waals surface area contributed by atoms with Crippen molar-refractivity contribution in [2.45, 2.75) is 27.2 Å². The predicted molar refractivity (Wildman–Crippen MR) is 87.7 cm³/mol. The molecule has 0 radical (unpaired) electrons. The second-order valence-electron chi connectivity index (χ2n) is 5.01. The molecule has 0 aliphatic carbocycles. The molecule has 0 atom stereocenters. The highest BCUT2D eigenvalue weighted by Gasteiger charge is 2.15. The van der Waals surface area contributed by atoms with Gasteiger partial charge in [-0.2, -0.15) is 0 Å². The predicted octanol–water partition coefficient (Wildman–Crippen LogP) is 2.67. The Kier molecular flexibility index (Phi) is 7.15. The van der Waals surface area contributed by atoms with E-state index in [1.807, 2.05) is 13.0 Å². The zero-order valence-electron chi connectivity index (χ0n) is 13.3. The van der Waals surface area contributed by atoms with Crippen molar-refractivity contribution in [3.8, 4) is 0 Å². The molecule has 0 amide bonds. The highest BCUT2D eigenvalue weighted by molar-refractivity contribution is 6.00. The molecule has 3 N–H and O–H groups in total. The standard InChI is InChI=1S/C16H27FN4/c1-4-20(5-2)11-8-12-21(6-3)14-10-7-9-13(17)15(14)16(18)19/h7,9-10H,4-6,8,11-12H2,1-3H3,(H3,18,19). The number of halogens is 1. The lowest BCUT2D eigenvalue weighted by Gasteiger charge is -2.27. The van der Waals surface area contributed by atoms with Crippen LogP contribution in [0.25, 0.3) is 0 Å². The van der Waals surface area contributed by atoms with Crippen molar-refractivity contribution < 1.29 is 4.39 Å². The molecule has 21 heavy (non-hydrogen) atoms. The topological polar surface area (TPSA) is 56.4 Å². The smallest absolute Gasteiger partial charge is 0.136 e. The Labute approximate surface area is 127 Å². The Hall–Kier alpha value is -1.62. The third-order valence-electron chi connectivity index (χ3n) is 3.78. The summed E-state index contributed by atoms with van der Waals surface area (Å²) in [6, 6.07) is 4.86. The summed E-state index contributed by atoms with van der Waals surface area (Å²) in [5, 5.41) is 7.59. The van der Waals surface area contributed by atoms with Gasteiger partial charge in [0.25, 0.3) is 0 Å². The number of hydrogen-bond donors (Lipinski definition) is 2. The first kappa shape index (κ1) is 17.4. The van der Waals surface area contributed by atoms with Crippen LogP contribution >= 0.6 is 0 Å². The van der Waals surface area contributed by atoms with Crippen LogP contribution in [0.15, 0.2) is 18.2 Å². The molecule has 0 heterocycles. The number of hydrogen-bond acceptors (Lipinski definition) is 3. The van der Waals surface area contributed by atoms with Crippen LogP contribution in [0.4, 0.5) is 10.1 Å². The first-order valence-electron chi connectivity index (χ1n) is 7.65. The molecule has 5 heteroatoms. The summed E-state index contributed by atoms with van der Waals surface area (Å²) in [6.07, 6.45) is 1.00. The van der Waals surface area contributed by atoms with Crippen molar-refractivity contribution in [3.63, 3.8) is 0 Å². The maximum absolute atomic E-state index is 13.9. The lowest BCUT2D eigenvalue weighted by atomic mass is 10.1. The summed E-state index contributed by atoms with van der Waals surface area (Å²) in [4.78, 5) is 4.45. The Bertz CT molecular complexity index is 458. The average Bonchev–Trinajstić information content (AvgIpc) is 2.47. The second kappa shape index (κ2) is 8.62. The summed E-state index contributed by atoms with van der Waals surface area (Å²) in [5.41, 5.74) is 6.46. The number of amidine groups is 1. The number of nitrogen functional groups attached to an aromatic ring is 1. The number of benzene rings is 1. The average molecular weight is 294 g/mol. The minimum Gasteiger partial charge on any atom is -0.384 e. The van der Waals surface area contributed by atoms with Crippen molar-refractivity contribution >= 4 is 11.5 Å². The molecule has 1 aromatic rings. The fourth-order valence-corrected chi connectivity index (χ4v) is 2.52. The molecule has 4 nitrogen and oxygen atoms in total. The third-order valence-corrected chi connectivity index (χ3v) is 3.78. The summed E-state index contributed by atoms with van der Waals surface area (Å²) in [6.45, 7) is 11.0. The first-order valence-corrected chi connectivity index (χ1v) is 7.65. The van der Waals surface area contributed by atoms with E-state index >= 15 is 0 Å². The molecule has 1 aromatic carbocycles. The lowest BCUT2D eigenvalue weighted by Crippen LogP contribution is -2.31. The van der Waals surface area contributed by atoms with Gasteiger partial charge in [0.15, 0.2) is 0 Å². The Morgan fingerprint density at radius 2 is 1.81 bits per heavy atom. The van der Waals surface area contributed by atoms with Crippen LogP contribution in [0.2, 0.25) is 0 Å². The van der Waals surface area contributed by atoms with Crippen LogP contribution in [-0.2, 0) is 0 Å². The van der Waals surface area contributed by atoms with Gasteiger partial charge in [0.1, 0.15) is 11.7 Å². The van der Waals surface area contributed by atoms with Gasteiger partial charge in [0, 0.05) is 13.1 Å². The van der Waals surface area contributed by atoms with E-state index in [-0.39, 0.29) is 11.4 Å². The maximum atomic E-state index is 13.9. The van der Waals surface area contributed by atoms with Gasteiger partial charge in [-0.3, -0.25) is 5.41 Å². The fraction of sp³-hybridized carbons (Fsp3) is 0.562. The minimum absolute atomic E-state index is 0.210. The van der Waals surface area contributed by atoms with Crippen LogP contribution in [0.5, 0.6) is 0 Å². The van der Waals surface area contributed by atoms with Crippen LogP contribution in [0.1, 0.15) is 32.8 Å². The van der Waals surface area contributed by atoms with Crippen LogP contribution in [0.3, 0.4) is 0 Å². The van der Waals surface area contributed by atoms with Gasteiger partial charge in [-0.05, 0) is 45.1 Å². The van der Waals surface area contributed by atoms with E-state index in [1.54, 1.807) is 6.07 Å². The lowest BCUT2D eigenvalue weighted by molar-refractivity contribution is 0.301. The molecule has 118 valence electrons. The molecule has 0 aliphatic heterocycles. The second-order valence-corrected chi connectivity index (χ2v) is 5.01. The monoisotopic (exact) mass is 294 g/mol. The third kappa shape index (κ3) is 4.70. The molecular weight excluding hydrogens is 267 g/mol. The summed E-state index contributed by atoms with van der Waals surface area (Å²) >= 11 is 0. The zero-order valence-corrected chi connectivity index (χ0v) is 13.3. The van der Waals surface area contributed by atoms with E-state index in [4.69, 9.17) is 11.1 Å². The van der Waals surface area contributed by atoms with Gasteiger partial charge in [0.2, 0.25) is 0 Å². The molecule has 0 aromatic heterocycles. The van der Waals surface area contributed by atoms with Crippen molar-refractivity contribution in [2.24, 2.45) is 5.73 Å². The first-order chi connectivity index (χ1) is 10.0. The van der Waals surface area contributed by atoms with E-state index in [9.17, 15) is 4.39 Å². The van der Waals surface area contributed by atoms with Crippen LogP contribution in [0, 0.1) is 11.2 Å². The highest BCUT2D eigenvalue weighted by Crippen LogP contribution is 2.23. The molecule has 0 unspecified atom stereocenters. The Balaban J connectivity index is 2.81. The van der Waals surface area contributed by atoms with E-state index < -0.39 is 5.82 Å². The van der Waals surface area contributed by atoms with Crippen molar-refractivity contribution in [2.75, 3.05) is 37.6 Å². The number of nitrogens with two attached hydrogens (primary N) is 1. The Morgan fingerprint density at radius 1 is 1.14 bits per heavy atom. The zero-order chi connectivity index (χ0) is 15.8. The minimum atomic E-state index is -0.429. The van der Waals surface area contributed by atoms with E-state index in [1.165, 1.54) is 6.07 Å². The van der Waals surface area contributed by atoms with Crippen molar-refractivity contribution in [1.29, 1.82) is 5.41 Å². The molecule has 0 spiro atoms. The van der Waals surface area contributed by atoms with E-state index in [0.717, 1.165) is 39.1 Å². The van der Waals surface area contributed by atoms with Crippen LogP contribution in [-0.4, -0.2) is 43.5 Å². The fourth-order valence-electron chi connectivity index (χ4n) is 2.52. The largest absolute Gasteiger partial charge is 0.384 e. The van der Waals surface area contributed by atoms with Gasteiger partial charge in [-0.15, -0.1) is 0 Å². The number of rotatable bonds is 9. The molecular formula is C16H27FN4.